The number of pyridine rings is 1. The molecule has 0 saturated heterocycles. The highest BCUT2D eigenvalue weighted by Gasteiger charge is 2.29. The maximum atomic E-state index is 6.06. The number of aromatic nitrogens is 1. The van der Waals surface area contributed by atoms with Crippen LogP contribution in [0.1, 0.15) is 24.8 Å². The molecule has 0 aliphatic heterocycles. The van der Waals surface area contributed by atoms with Crippen LogP contribution < -0.4 is 5.32 Å². The van der Waals surface area contributed by atoms with Crippen molar-refractivity contribution in [3.8, 4) is 0 Å². The van der Waals surface area contributed by atoms with Gasteiger partial charge in [-0.1, -0.05) is 11.6 Å². The summed E-state index contributed by atoms with van der Waals surface area (Å²) in [5.74, 6) is 0.899. The molecular formula is C12H17ClN2. The van der Waals surface area contributed by atoms with Crippen molar-refractivity contribution in [2.75, 3.05) is 7.05 Å². The molecule has 1 aliphatic carbocycles. The molecule has 0 radical (unpaired) electrons. The molecule has 1 N–H and O–H groups in total. The van der Waals surface area contributed by atoms with E-state index in [1.165, 1.54) is 24.8 Å². The lowest BCUT2D eigenvalue weighted by Crippen LogP contribution is -2.27. The van der Waals surface area contributed by atoms with Gasteiger partial charge in [0.1, 0.15) is 0 Å². The Bertz CT molecular complexity index is 323. The Morgan fingerprint density at radius 2 is 2.40 bits per heavy atom. The SMILES string of the molecule is CNC(CCc1ccncc1Cl)C1CC1. The molecule has 1 atom stereocenters. The predicted molar refractivity (Wildman–Crippen MR) is 63.1 cm³/mol. The van der Waals surface area contributed by atoms with Gasteiger partial charge in [-0.3, -0.25) is 4.98 Å². The molecule has 15 heavy (non-hydrogen) atoms. The molecule has 1 unspecified atom stereocenters. The van der Waals surface area contributed by atoms with Crippen molar-refractivity contribution in [3.05, 3.63) is 29.0 Å². The van der Waals surface area contributed by atoms with Gasteiger partial charge >= 0.3 is 0 Å². The second-order valence-corrected chi connectivity index (χ2v) is 4.65. The largest absolute Gasteiger partial charge is 0.317 e. The molecule has 1 saturated carbocycles. The highest BCUT2D eigenvalue weighted by Crippen LogP contribution is 2.34. The van der Waals surface area contributed by atoms with E-state index >= 15 is 0 Å². The third kappa shape index (κ3) is 2.93. The number of halogens is 1. The molecule has 2 rings (SSSR count). The monoisotopic (exact) mass is 224 g/mol. The highest BCUT2D eigenvalue weighted by atomic mass is 35.5. The van der Waals surface area contributed by atoms with Crippen molar-refractivity contribution in [1.29, 1.82) is 0 Å². The molecule has 0 spiro atoms. The third-order valence-electron chi connectivity index (χ3n) is 3.14. The van der Waals surface area contributed by atoms with E-state index in [0.29, 0.717) is 6.04 Å². The van der Waals surface area contributed by atoms with Crippen molar-refractivity contribution in [1.82, 2.24) is 10.3 Å². The second-order valence-electron chi connectivity index (χ2n) is 4.24. The summed E-state index contributed by atoms with van der Waals surface area (Å²) in [6.45, 7) is 0. The number of nitrogens with one attached hydrogen (secondary N) is 1. The predicted octanol–water partition coefficient (Wildman–Crippen LogP) is 2.67. The van der Waals surface area contributed by atoms with Crippen molar-refractivity contribution < 1.29 is 0 Å². The van der Waals surface area contributed by atoms with E-state index in [1.54, 1.807) is 6.20 Å². The van der Waals surface area contributed by atoms with E-state index in [9.17, 15) is 0 Å². The van der Waals surface area contributed by atoms with Gasteiger partial charge in [-0.25, -0.2) is 0 Å². The van der Waals surface area contributed by atoms with Gasteiger partial charge < -0.3 is 5.32 Å². The fourth-order valence-corrected chi connectivity index (χ4v) is 2.25. The van der Waals surface area contributed by atoms with E-state index in [-0.39, 0.29) is 0 Å². The normalized spacial score (nSPS) is 17.7. The lowest BCUT2D eigenvalue weighted by molar-refractivity contribution is 0.470. The summed E-state index contributed by atoms with van der Waals surface area (Å²) < 4.78 is 0. The number of hydrogen-bond donors (Lipinski definition) is 1. The Morgan fingerprint density at radius 3 is 3.00 bits per heavy atom. The molecule has 1 heterocycles. The number of nitrogens with zero attached hydrogens (tertiary/aromatic N) is 1. The van der Waals surface area contributed by atoms with Crippen LogP contribution in [0.15, 0.2) is 18.5 Å². The van der Waals surface area contributed by atoms with E-state index in [2.05, 4.69) is 17.3 Å². The smallest absolute Gasteiger partial charge is 0.0621 e. The van der Waals surface area contributed by atoms with E-state index in [1.807, 2.05) is 12.3 Å². The van der Waals surface area contributed by atoms with Gasteiger partial charge in [0.2, 0.25) is 0 Å². The molecule has 0 bridgehead atoms. The van der Waals surface area contributed by atoms with E-state index in [0.717, 1.165) is 17.4 Å². The number of rotatable bonds is 5. The minimum absolute atomic E-state index is 0.661. The number of aryl methyl sites for hydroxylation is 1. The van der Waals surface area contributed by atoms with Crippen LogP contribution in [0.2, 0.25) is 5.02 Å². The van der Waals surface area contributed by atoms with Crippen LogP contribution in [0.5, 0.6) is 0 Å². The summed E-state index contributed by atoms with van der Waals surface area (Å²) in [5.41, 5.74) is 1.22. The molecule has 82 valence electrons. The summed E-state index contributed by atoms with van der Waals surface area (Å²) in [6, 6.07) is 2.68. The van der Waals surface area contributed by atoms with Gasteiger partial charge in [-0.2, -0.15) is 0 Å². The standard InChI is InChI=1S/C12H17ClN2/c1-14-12(10-2-3-10)5-4-9-6-7-15-8-11(9)13/h6-8,10,12,14H,2-5H2,1H3. The average Bonchev–Trinajstić information content (AvgIpc) is 3.06. The van der Waals surface area contributed by atoms with Gasteiger partial charge in [0.05, 0.1) is 5.02 Å². The summed E-state index contributed by atoms with van der Waals surface area (Å²) in [7, 11) is 2.05. The fourth-order valence-electron chi connectivity index (χ4n) is 2.03. The molecule has 0 aromatic carbocycles. The minimum atomic E-state index is 0.661. The van der Waals surface area contributed by atoms with Crippen molar-refractivity contribution >= 4 is 11.6 Å². The van der Waals surface area contributed by atoms with Crippen LogP contribution >= 0.6 is 11.6 Å². The first-order valence-electron chi connectivity index (χ1n) is 5.57. The van der Waals surface area contributed by atoms with Crippen LogP contribution in [0.4, 0.5) is 0 Å². The third-order valence-corrected chi connectivity index (χ3v) is 3.48. The Kier molecular flexibility index (Phi) is 3.60. The zero-order valence-corrected chi connectivity index (χ0v) is 9.80. The minimum Gasteiger partial charge on any atom is -0.317 e. The van der Waals surface area contributed by atoms with Gasteiger partial charge in [0, 0.05) is 18.4 Å². The van der Waals surface area contributed by atoms with Crippen LogP contribution in [0.25, 0.3) is 0 Å². The van der Waals surface area contributed by atoms with Crippen LogP contribution in [-0.2, 0) is 6.42 Å². The summed E-state index contributed by atoms with van der Waals surface area (Å²) in [4.78, 5) is 3.99. The Hall–Kier alpha value is -0.600. The van der Waals surface area contributed by atoms with Crippen LogP contribution in [-0.4, -0.2) is 18.1 Å². The number of hydrogen-bond acceptors (Lipinski definition) is 2. The van der Waals surface area contributed by atoms with Gasteiger partial charge in [-0.05, 0) is 50.3 Å². The summed E-state index contributed by atoms with van der Waals surface area (Å²) in [6.07, 6.45) is 8.52. The average molecular weight is 225 g/mol. The Morgan fingerprint density at radius 1 is 1.60 bits per heavy atom. The fraction of sp³-hybridized carbons (Fsp3) is 0.583. The molecule has 1 aromatic rings. The topological polar surface area (TPSA) is 24.9 Å². The maximum Gasteiger partial charge on any atom is 0.0621 e. The molecule has 1 aromatic heterocycles. The highest BCUT2D eigenvalue weighted by molar-refractivity contribution is 6.31. The zero-order chi connectivity index (χ0) is 10.7. The van der Waals surface area contributed by atoms with Gasteiger partial charge in [0.15, 0.2) is 0 Å². The summed E-state index contributed by atoms with van der Waals surface area (Å²) in [5, 5.41) is 4.19. The summed E-state index contributed by atoms with van der Waals surface area (Å²) >= 11 is 6.06. The molecular weight excluding hydrogens is 208 g/mol. The molecule has 0 amide bonds. The first-order valence-corrected chi connectivity index (χ1v) is 5.94. The lowest BCUT2D eigenvalue weighted by atomic mass is 10.0. The first-order chi connectivity index (χ1) is 7.31. The molecule has 1 aliphatic rings. The molecule has 1 fully saturated rings. The van der Waals surface area contributed by atoms with Crippen LogP contribution in [0, 0.1) is 5.92 Å². The van der Waals surface area contributed by atoms with Crippen LogP contribution in [0.3, 0.4) is 0 Å². The van der Waals surface area contributed by atoms with Crippen molar-refractivity contribution in [2.24, 2.45) is 5.92 Å². The van der Waals surface area contributed by atoms with Gasteiger partial charge in [-0.15, -0.1) is 0 Å². The molecule has 3 heteroatoms. The van der Waals surface area contributed by atoms with Gasteiger partial charge in [0.25, 0.3) is 0 Å². The van der Waals surface area contributed by atoms with Crippen molar-refractivity contribution in [2.45, 2.75) is 31.7 Å². The molecule has 2 nitrogen and oxygen atoms in total. The Balaban J connectivity index is 1.89. The maximum absolute atomic E-state index is 6.06. The van der Waals surface area contributed by atoms with Crippen molar-refractivity contribution in [3.63, 3.8) is 0 Å². The first kappa shape index (κ1) is 10.9. The lowest BCUT2D eigenvalue weighted by Gasteiger charge is -2.15. The Labute approximate surface area is 96.1 Å². The second kappa shape index (κ2) is 4.95. The zero-order valence-electron chi connectivity index (χ0n) is 9.04. The van der Waals surface area contributed by atoms with E-state index < -0.39 is 0 Å². The van der Waals surface area contributed by atoms with E-state index in [4.69, 9.17) is 11.6 Å². The quantitative estimate of drug-likeness (QED) is 0.832.